The van der Waals surface area contributed by atoms with E-state index in [2.05, 4.69) is 0 Å². The standard InChI is InChI=1S/C9H16O2S/c1-7(12)11-6-8-4-2-3-5-9(8)10/h8-10H,2-6H2,1H3. The monoisotopic (exact) mass is 188 g/mol. The lowest BCUT2D eigenvalue weighted by atomic mass is 9.87. The topological polar surface area (TPSA) is 29.5 Å². The first kappa shape index (κ1) is 9.93. The summed E-state index contributed by atoms with van der Waals surface area (Å²) in [7, 11) is 0. The average molecular weight is 188 g/mol. The summed E-state index contributed by atoms with van der Waals surface area (Å²) in [5, 5.41) is 10.1. The lowest BCUT2D eigenvalue weighted by Crippen LogP contribution is -2.28. The quantitative estimate of drug-likeness (QED) is 0.671. The first-order chi connectivity index (χ1) is 5.70. The molecule has 1 aliphatic carbocycles. The summed E-state index contributed by atoms with van der Waals surface area (Å²) in [5.41, 5.74) is 0. The van der Waals surface area contributed by atoms with Gasteiger partial charge in [-0.15, -0.1) is 0 Å². The molecule has 0 aliphatic heterocycles. The van der Waals surface area contributed by atoms with Crippen molar-refractivity contribution in [3.8, 4) is 0 Å². The Kier molecular flexibility index (Phi) is 3.95. The number of aliphatic hydroxyl groups is 1. The van der Waals surface area contributed by atoms with Crippen LogP contribution in [0.1, 0.15) is 32.6 Å². The lowest BCUT2D eigenvalue weighted by Gasteiger charge is -2.27. The highest BCUT2D eigenvalue weighted by Crippen LogP contribution is 2.24. The van der Waals surface area contributed by atoms with Gasteiger partial charge in [0.2, 0.25) is 0 Å². The fraction of sp³-hybridized carbons (Fsp3) is 0.889. The second-order valence-corrected chi connectivity index (χ2v) is 3.99. The van der Waals surface area contributed by atoms with E-state index < -0.39 is 0 Å². The molecule has 1 fully saturated rings. The minimum absolute atomic E-state index is 0.173. The Bertz CT molecular complexity index is 159. The predicted octanol–water partition coefficient (Wildman–Crippen LogP) is 1.90. The highest BCUT2D eigenvalue weighted by molar-refractivity contribution is 7.80. The van der Waals surface area contributed by atoms with Crippen LogP contribution in [-0.2, 0) is 4.74 Å². The van der Waals surface area contributed by atoms with Gasteiger partial charge in [-0.1, -0.05) is 12.8 Å². The SMILES string of the molecule is CC(=S)OCC1CCCCC1O. The molecule has 0 amide bonds. The van der Waals surface area contributed by atoms with Gasteiger partial charge in [0, 0.05) is 12.8 Å². The maximum Gasteiger partial charge on any atom is 0.156 e. The van der Waals surface area contributed by atoms with Crippen LogP contribution in [0.3, 0.4) is 0 Å². The molecule has 2 nitrogen and oxygen atoms in total. The lowest BCUT2D eigenvalue weighted by molar-refractivity contribution is 0.0400. The summed E-state index contributed by atoms with van der Waals surface area (Å²) < 4.78 is 5.22. The van der Waals surface area contributed by atoms with Crippen LogP contribution in [0.2, 0.25) is 0 Å². The number of hydrogen-bond acceptors (Lipinski definition) is 3. The van der Waals surface area contributed by atoms with E-state index in [-0.39, 0.29) is 6.10 Å². The van der Waals surface area contributed by atoms with Gasteiger partial charge in [-0.2, -0.15) is 0 Å². The second-order valence-electron chi connectivity index (χ2n) is 3.41. The zero-order valence-corrected chi connectivity index (χ0v) is 8.27. The molecule has 0 heterocycles. The van der Waals surface area contributed by atoms with Crippen molar-refractivity contribution >= 4 is 17.3 Å². The summed E-state index contributed by atoms with van der Waals surface area (Å²) in [4.78, 5) is 0. The van der Waals surface area contributed by atoms with Crippen LogP contribution in [0, 0.1) is 5.92 Å². The van der Waals surface area contributed by atoms with Crippen molar-refractivity contribution in [2.24, 2.45) is 5.92 Å². The number of ether oxygens (including phenoxy) is 1. The normalized spacial score (nSPS) is 29.8. The molecule has 1 N–H and O–H groups in total. The first-order valence-electron chi connectivity index (χ1n) is 4.51. The fourth-order valence-electron chi connectivity index (χ4n) is 1.61. The highest BCUT2D eigenvalue weighted by Gasteiger charge is 2.23. The molecular weight excluding hydrogens is 172 g/mol. The number of aliphatic hydroxyl groups excluding tert-OH is 1. The number of rotatable bonds is 2. The van der Waals surface area contributed by atoms with E-state index in [9.17, 15) is 5.11 Å². The Morgan fingerprint density at radius 1 is 1.50 bits per heavy atom. The molecule has 70 valence electrons. The van der Waals surface area contributed by atoms with Gasteiger partial charge in [0.05, 0.1) is 12.7 Å². The smallest absolute Gasteiger partial charge is 0.156 e. The van der Waals surface area contributed by atoms with Gasteiger partial charge in [-0.3, -0.25) is 0 Å². The molecule has 0 bridgehead atoms. The molecule has 1 rings (SSSR count). The van der Waals surface area contributed by atoms with Gasteiger partial charge >= 0.3 is 0 Å². The van der Waals surface area contributed by atoms with Crippen LogP contribution in [0.4, 0.5) is 0 Å². The van der Waals surface area contributed by atoms with Crippen molar-refractivity contribution < 1.29 is 9.84 Å². The summed E-state index contributed by atoms with van der Waals surface area (Å²) in [6.07, 6.45) is 4.18. The van der Waals surface area contributed by atoms with Crippen LogP contribution < -0.4 is 0 Å². The molecule has 0 aromatic heterocycles. The Labute approximate surface area is 78.9 Å². The molecule has 12 heavy (non-hydrogen) atoms. The molecule has 0 spiro atoms. The van der Waals surface area contributed by atoms with Crippen molar-refractivity contribution in [1.29, 1.82) is 0 Å². The number of thiocarbonyl (C=S) groups is 1. The molecule has 1 aliphatic rings. The van der Waals surface area contributed by atoms with Crippen LogP contribution in [0.15, 0.2) is 0 Å². The van der Waals surface area contributed by atoms with E-state index in [1.165, 1.54) is 6.42 Å². The van der Waals surface area contributed by atoms with Gasteiger partial charge in [0.25, 0.3) is 0 Å². The van der Waals surface area contributed by atoms with Crippen molar-refractivity contribution in [3.63, 3.8) is 0 Å². The van der Waals surface area contributed by atoms with Crippen LogP contribution in [-0.4, -0.2) is 22.9 Å². The van der Waals surface area contributed by atoms with Gasteiger partial charge in [-0.05, 0) is 25.1 Å². The zero-order valence-electron chi connectivity index (χ0n) is 7.45. The summed E-state index contributed by atoms with van der Waals surface area (Å²) in [5.74, 6) is 0.302. The largest absolute Gasteiger partial charge is 0.487 e. The van der Waals surface area contributed by atoms with E-state index in [4.69, 9.17) is 17.0 Å². The Morgan fingerprint density at radius 2 is 2.17 bits per heavy atom. The van der Waals surface area contributed by atoms with Crippen molar-refractivity contribution in [1.82, 2.24) is 0 Å². The molecule has 0 radical (unpaired) electrons. The van der Waals surface area contributed by atoms with E-state index in [0.29, 0.717) is 17.6 Å². The molecule has 0 aromatic rings. The van der Waals surface area contributed by atoms with Gasteiger partial charge < -0.3 is 9.84 Å². The van der Waals surface area contributed by atoms with Crippen molar-refractivity contribution in [2.75, 3.05) is 6.61 Å². The van der Waals surface area contributed by atoms with Gasteiger partial charge in [0.1, 0.15) is 0 Å². The van der Waals surface area contributed by atoms with Crippen molar-refractivity contribution in [2.45, 2.75) is 38.7 Å². The Morgan fingerprint density at radius 3 is 2.75 bits per heavy atom. The van der Waals surface area contributed by atoms with Crippen molar-refractivity contribution in [3.05, 3.63) is 0 Å². The van der Waals surface area contributed by atoms with Gasteiger partial charge in [-0.25, -0.2) is 0 Å². The maximum absolute atomic E-state index is 9.56. The molecule has 1 saturated carbocycles. The summed E-state index contributed by atoms with van der Waals surface area (Å²) >= 11 is 4.80. The fourth-order valence-corrected chi connectivity index (χ4v) is 1.67. The minimum Gasteiger partial charge on any atom is -0.487 e. The third-order valence-corrected chi connectivity index (χ3v) is 2.49. The third kappa shape index (κ3) is 3.07. The zero-order chi connectivity index (χ0) is 8.97. The molecule has 0 aromatic carbocycles. The van der Waals surface area contributed by atoms with Crippen LogP contribution in [0.25, 0.3) is 0 Å². The molecular formula is C9H16O2S. The van der Waals surface area contributed by atoms with Crippen LogP contribution in [0.5, 0.6) is 0 Å². The molecule has 0 saturated heterocycles. The molecule has 2 atom stereocenters. The maximum atomic E-state index is 9.56. The first-order valence-corrected chi connectivity index (χ1v) is 4.92. The highest BCUT2D eigenvalue weighted by atomic mass is 32.1. The predicted molar refractivity (Wildman–Crippen MR) is 52.2 cm³/mol. The Hall–Kier alpha value is -0.150. The molecule has 2 unspecified atom stereocenters. The second kappa shape index (κ2) is 4.77. The minimum atomic E-state index is -0.173. The van der Waals surface area contributed by atoms with E-state index in [1.807, 2.05) is 0 Å². The van der Waals surface area contributed by atoms with E-state index in [0.717, 1.165) is 19.3 Å². The van der Waals surface area contributed by atoms with E-state index in [1.54, 1.807) is 6.92 Å². The van der Waals surface area contributed by atoms with Gasteiger partial charge in [0.15, 0.2) is 5.05 Å². The average Bonchev–Trinajstić information content (AvgIpc) is 2.03. The Balaban J connectivity index is 2.24. The third-order valence-electron chi connectivity index (χ3n) is 2.37. The van der Waals surface area contributed by atoms with Crippen LogP contribution >= 0.6 is 12.2 Å². The molecule has 3 heteroatoms. The summed E-state index contributed by atoms with van der Waals surface area (Å²) in [6, 6.07) is 0. The summed E-state index contributed by atoms with van der Waals surface area (Å²) in [6.45, 7) is 2.36. The van der Waals surface area contributed by atoms with E-state index >= 15 is 0 Å². The number of hydrogen-bond donors (Lipinski definition) is 1.